The molecule has 3 amide bonds. The molecule has 2 unspecified atom stereocenters. The van der Waals surface area contributed by atoms with Crippen molar-refractivity contribution in [3.05, 3.63) is 35.9 Å². The molecule has 1 fully saturated rings. The molecule has 0 spiro atoms. The van der Waals surface area contributed by atoms with Crippen LogP contribution in [0.3, 0.4) is 0 Å². The number of oxime groups is 1. The molecule has 6 nitrogen and oxygen atoms in total. The molecule has 6 heteroatoms. The largest absolute Gasteiger partial charge is 0.369 e. The first-order valence-electron chi connectivity index (χ1n) is 5.55. The second-order valence-electron chi connectivity index (χ2n) is 4.19. The number of hydrogen-bond acceptors (Lipinski definition) is 4. The Kier molecular flexibility index (Phi) is 2.29. The van der Waals surface area contributed by atoms with Gasteiger partial charge in [-0.25, -0.2) is 4.79 Å². The predicted molar refractivity (Wildman–Crippen MR) is 62.6 cm³/mol. The average molecular weight is 245 g/mol. The number of imide groups is 1. The van der Waals surface area contributed by atoms with Crippen molar-refractivity contribution in [1.29, 1.82) is 0 Å². The molecule has 3 rings (SSSR count). The van der Waals surface area contributed by atoms with Crippen LogP contribution in [-0.2, 0) is 9.63 Å². The van der Waals surface area contributed by atoms with Gasteiger partial charge in [0.15, 0.2) is 0 Å². The van der Waals surface area contributed by atoms with Gasteiger partial charge in [-0.3, -0.25) is 15.0 Å². The minimum Gasteiger partial charge on any atom is -0.369 e. The second-order valence-corrected chi connectivity index (χ2v) is 4.19. The fraction of sp³-hybridized carbons (Fsp3) is 0.250. The van der Waals surface area contributed by atoms with Gasteiger partial charge in [0.25, 0.3) is 0 Å². The van der Waals surface area contributed by atoms with Gasteiger partial charge in [-0.05, 0) is 0 Å². The van der Waals surface area contributed by atoms with Crippen molar-refractivity contribution in [3.63, 3.8) is 0 Å². The Morgan fingerprint density at radius 2 is 2.00 bits per heavy atom. The molecule has 1 N–H and O–H groups in total. The van der Waals surface area contributed by atoms with E-state index in [1.54, 1.807) is 0 Å². The molecule has 2 atom stereocenters. The van der Waals surface area contributed by atoms with Gasteiger partial charge in [0.1, 0.15) is 11.6 Å². The van der Waals surface area contributed by atoms with Crippen LogP contribution >= 0.6 is 0 Å². The fourth-order valence-electron chi connectivity index (χ4n) is 2.10. The number of carbonyl (C=O) groups excluding carboxylic acids is 2. The lowest BCUT2D eigenvalue weighted by molar-refractivity contribution is -0.135. The van der Waals surface area contributed by atoms with Crippen molar-refractivity contribution in [2.24, 2.45) is 11.1 Å². The molecular formula is C12H11N3O3. The highest BCUT2D eigenvalue weighted by atomic mass is 16.7. The van der Waals surface area contributed by atoms with E-state index in [0.717, 1.165) is 10.5 Å². The number of benzene rings is 1. The first-order valence-corrected chi connectivity index (χ1v) is 5.55. The molecule has 2 heterocycles. The molecular weight excluding hydrogens is 234 g/mol. The number of rotatable bonds is 1. The van der Waals surface area contributed by atoms with Crippen molar-refractivity contribution in [3.8, 4) is 0 Å². The van der Waals surface area contributed by atoms with Gasteiger partial charge in [0.05, 0.1) is 0 Å². The molecule has 0 aromatic heterocycles. The normalized spacial score (nSPS) is 26.3. The highest BCUT2D eigenvalue weighted by molar-refractivity contribution is 6.17. The van der Waals surface area contributed by atoms with E-state index in [0.29, 0.717) is 5.71 Å². The summed E-state index contributed by atoms with van der Waals surface area (Å²) < 4.78 is 0. The summed E-state index contributed by atoms with van der Waals surface area (Å²) in [6.45, 7) is 0. The summed E-state index contributed by atoms with van der Waals surface area (Å²) in [6, 6.07) is 8.85. The van der Waals surface area contributed by atoms with E-state index in [-0.39, 0.29) is 5.91 Å². The molecule has 92 valence electrons. The van der Waals surface area contributed by atoms with E-state index in [4.69, 9.17) is 4.84 Å². The summed E-state index contributed by atoms with van der Waals surface area (Å²) >= 11 is 0. The highest BCUT2D eigenvalue weighted by Crippen LogP contribution is 2.26. The molecule has 0 saturated carbocycles. The molecule has 0 aliphatic carbocycles. The summed E-state index contributed by atoms with van der Waals surface area (Å²) in [5.74, 6) is -0.876. The van der Waals surface area contributed by atoms with Crippen LogP contribution in [0.4, 0.5) is 4.79 Å². The Bertz CT molecular complexity index is 541. The minimum atomic E-state index is -0.698. The Hall–Kier alpha value is -2.37. The molecule has 18 heavy (non-hydrogen) atoms. The first kappa shape index (κ1) is 10.8. The number of nitrogens with zero attached hydrogens (tertiary/aromatic N) is 2. The SMILES string of the molecule is CN1C(=O)NC2ON=C(c3ccccc3)C2C1=O. The standard InChI is InChI=1S/C12H11N3O3/c1-15-11(16)8-9(7-5-3-2-4-6-7)14-18-10(8)13-12(15)17/h2-6,8,10H,1H3,(H,13,17). The maximum Gasteiger partial charge on any atom is 0.326 e. The number of amides is 3. The number of fused-ring (bicyclic) bond motifs is 1. The molecule has 0 radical (unpaired) electrons. The van der Waals surface area contributed by atoms with Crippen molar-refractivity contribution < 1.29 is 14.4 Å². The minimum absolute atomic E-state index is 0.302. The van der Waals surface area contributed by atoms with Gasteiger partial charge >= 0.3 is 6.03 Å². The van der Waals surface area contributed by atoms with E-state index in [9.17, 15) is 9.59 Å². The topological polar surface area (TPSA) is 71.0 Å². The van der Waals surface area contributed by atoms with Crippen molar-refractivity contribution >= 4 is 17.6 Å². The van der Waals surface area contributed by atoms with Crippen molar-refractivity contribution in [1.82, 2.24) is 10.2 Å². The lowest BCUT2D eigenvalue weighted by atomic mass is 9.93. The van der Waals surface area contributed by atoms with E-state index < -0.39 is 18.2 Å². The molecule has 1 saturated heterocycles. The molecule has 1 aromatic carbocycles. The Balaban J connectivity index is 1.96. The third-order valence-corrected chi connectivity index (χ3v) is 3.10. The lowest BCUT2D eigenvalue weighted by Gasteiger charge is -2.29. The quantitative estimate of drug-likeness (QED) is 0.785. The molecule has 2 aliphatic heterocycles. The third-order valence-electron chi connectivity index (χ3n) is 3.10. The van der Waals surface area contributed by atoms with Crippen LogP contribution < -0.4 is 5.32 Å². The van der Waals surface area contributed by atoms with Crippen LogP contribution in [0.5, 0.6) is 0 Å². The average Bonchev–Trinajstić information content (AvgIpc) is 2.81. The number of nitrogens with one attached hydrogen (secondary N) is 1. The number of carbonyl (C=O) groups is 2. The zero-order valence-corrected chi connectivity index (χ0v) is 9.66. The molecule has 2 aliphatic rings. The zero-order valence-electron chi connectivity index (χ0n) is 9.66. The Labute approximate surface area is 103 Å². The van der Waals surface area contributed by atoms with Gasteiger partial charge in [0, 0.05) is 12.6 Å². The van der Waals surface area contributed by atoms with E-state index in [1.165, 1.54) is 7.05 Å². The number of hydrogen-bond donors (Lipinski definition) is 1. The number of urea groups is 1. The Morgan fingerprint density at radius 3 is 2.72 bits per heavy atom. The highest BCUT2D eigenvalue weighted by Gasteiger charge is 2.47. The second kappa shape index (κ2) is 3.83. The summed E-state index contributed by atoms with van der Waals surface area (Å²) in [5.41, 5.74) is 1.38. The Morgan fingerprint density at radius 1 is 1.28 bits per heavy atom. The first-order chi connectivity index (χ1) is 8.68. The summed E-state index contributed by atoms with van der Waals surface area (Å²) in [5, 5.41) is 6.51. The monoisotopic (exact) mass is 245 g/mol. The van der Waals surface area contributed by atoms with Crippen molar-refractivity contribution in [2.45, 2.75) is 6.23 Å². The van der Waals surface area contributed by atoms with E-state index in [1.807, 2.05) is 30.3 Å². The maximum atomic E-state index is 12.1. The van der Waals surface area contributed by atoms with Gasteiger partial charge in [-0.1, -0.05) is 35.5 Å². The lowest BCUT2D eigenvalue weighted by Crippen LogP contribution is -2.59. The maximum absolute atomic E-state index is 12.1. The summed E-state index contributed by atoms with van der Waals surface area (Å²) in [4.78, 5) is 29.7. The zero-order chi connectivity index (χ0) is 12.7. The van der Waals surface area contributed by atoms with Crippen LogP contribution in [0.15, 0.2) is 35.5 Å². The fourth-order valence-corrected chi connectivity index (χ4v) is 2.10. The third kappa shape index (κ3) is 1.46. The van der Waals surface area contributed by atoms with Crippen LogP contribution in [0.1, 0.15) is 5.56 Å². The van der Waals surface area contributed by atoms with E-state index >= 15 is 0 Å². The predicted octanol–water partition coefficient (Wildman–Crippen LogP) is 0.545. The summed E-state index contributed by atoms with van der Waals surface area (Å²) in [7, 11) is 1.44. The van der Waals surface area contributed by atoms with Gasteiger partial charge in [-0.2, -0.15) is 0 Å². The van der Waals surface area contributed by atoms with Crippen LogP contribution in [0.25, 0.3) is 0 Å². The van der Waals surface area contributed by atoms with Crippen LogP contribution in [-0.4, -0.2) is 35.8 Å². The van der Waals surface area contributed by atoms with Gasteiger partial charge < -0.3 is 4.84 Å². The van der Waals surface area contributed by atoms with Crippen molar-refractivity contribution in [2.75, 3.05) is 7.05 Å². The molecule has 1 aromatic rings. The van der Waals surface area contributed by atoms with Crippen LogP contribution in [0.2, 0.25) is 0 Å². The summed E-state index contributed by atoms with van der Waals surface area (Å²) in [6.07, 6.45) is -0.698. The van der Waals surface area contributed by atoms with Crippen LogP contribution in [0, 0.1) is 5.92 Å². The van der Waals surface area contributed by atoms with Gasteiger partial charge in [0.2, 0.25) is 12.1 Å². The molecule has 0 bridgehead atoms. The smallest absolute Gasteiger partial charge is 0.326 e. The van der Waals surface area contributed by atoms with E-state index in [2.05, 4.69) is 10.5 Å². The van der Waals surface area contributed by atoms with Gasteiger partial charge in [-0.15, -0.1) is 0 Å².